The molecular formula is C13H24N2S. The minimum Gasteiger partial charge on any atom is -0.327 e. The monoisotopic (exact) mass is 240 g/mol. The summed E-state index contributed by atoms with van der Waals surface area (Å²) >= 11 is 1.84. The largest absolute Gasteiger partial charge is 0.327 e. The second kappa shape index (κ2) is 7.05. The maximum absolute atomic E-state index is 6.03. The van der Waals surface area contributed by atoms with Crippen molar-refractivity contribution in [3.05, 3.63) is 21.9 Å². The van der Waals surface area contributed by atoms with Crippen LogP contribution in [0.5, 0.6) is 0 Å². The molecule has 1 aromatic heterocycles. The zero-order chi connectivity index (χ0) is 12.0. The van der Waals surface area contributed by atoms with Gasteiger partial charge in [0.25, 0.3) is 0 Å². The normalized spacial score (nSPS) is 13.3. The van der Waals surface area contributed by atoms with Gasteiger partial charge in [-0.1, -0.05) is 20.8 Å². The average molecular weight is 240 g/mol. The molecule has 1 unspecified atom stereocenters. The zero-order valence-corrected chi connectivity index (χ0v) is 11.4. The molecule has 0 fully saturated rings. The summed E-state index contributed by atoms with van der Waals surface area (Å²) in [6.45, 7) is 8.52. The summed E-state index contributed by atoms with van der Waals surface area (Å²) < 4.78 is 0. The molecule has 0 amide bonds. The summed E-state index contributed by atoms with van der Waals surface area (Å²) in [5.74, 6) is 0.685. The van der Waals surface area contributed by atoms with Gasteiger partial charge in [-0.3, -0.25) is 0 Å². The molecule has 0 bridgehead atoms. The number of thiophene rings is 1. The Bertz CT molecular complexity index is 294. The summed E-state index contributed by atoms with van der Waals surface area (Å²) in [6, 6.07) is 2.50. The highest BCUT2D eigenvalue weighted by atomic mass is 32.1. The van der Waals surface area contributed by atoms with Crippen LogP contribution < -0.4 is 11.1 Å². The van der Waals surface area contributed by atoms with Crippen molar-refractivity contribution in [1.29, 1.82) is 0 Å². The Labute approximate surface area is 103 Å². The first kappa shape index (κ1) is 13.7. The molecule has 1 aromatic rings. The van der Waals surface area contributed by atoms with Crippen LogP contribution in [-0.2, 0) is 13.0 Å². The molecule has 0 saturated heterocycles. The Morgan fingerprint density at radius 1 is 1.44 bits per heavy atom. The van der Waals surface area contributed by atoms with E-state index in [4.69, 9.17) is 5.73 Å². The van der Waals surface area contributed by atoms with Gasteiger partial charge in [0.05, 0.1) is 0 Å². The van der Waals surface area contributed by atoms with Crippen LogP contribution in [0.4, 0.5) is 0 Å². The van der Waals surface area contributed by atoms with E-state index in [1.165, 1.54) is 10.4 Å². The Kier molecular flexibility index (Phi) is 6.03. The zero-order valence-electron chi connectivity index (χ0n) is 10.6. The highest BCUT2D eigenvalue weighted by Crippen LogP contribution is 2.16. The van der Waals surface area contributed by atoms with Crippen LogP contribution in [0.3, 0.4) is 0 Å². The summed E-state index contributed by atoms with van der Waals surface area (Å²) in [5, 5.41) is 5.62. The van der Waals surface area contributed by atoms with E-state index in [1.807, 2.05) is 11.3 Å². The molecule has 0 aliphatic rings. The minimum absolute atomic E-state index is 0.282. The fraction of sp³-hybridized carbons (Fsp3) is 0.692. The van der Waals surface area contributed by atoms with E-state index >= 15 is 0 Å². The lowest BCUT2D eigenvalue weighted by molar-refractivity contribution is 0.468. The standard InChI is InChI=1S/C13H24N2S/c1-4-11-5-6-16-13(11)9-15-8-12(14)7-10(2)3/h5-6,10,12,15H,4,7-9,14H2,1-3H3. The van der Waals surface area contributed by atoms with Crippen molar-refractivity contribution in [2.45, 2.75) is 46.2 Å². The van der Waals surface area contributed by atoms with Gasteiger partial charge in [0, 0.05) is 24.0 Å². The highest BCUT2D eigenvalue weighted by Gasteiger charge is 2.06. The molecule has 92 valence electrons. The Morgan fingerprint density at radius 3 is 2.81 bits per heavy atom. The van der Waals surface area contributed by atoms with E-state index in [2.05, 4.69) is 37.5 Å². The summed E-state index contributed by atoms with van der Waals surface area (Å²) in [4.78, 5) is 1.46. The van der Waals surface area contributed by atoms with Gasteiger partial charge < -0.3 is 11.1 Å². The molecule has 0 saturated carbocycles. The fourth-order valence-electron chi connectivity index (χ4n) is 1.90. The second-order valence-corrected chi connectivity index (χ2v) is 5.74. The van der Waals surface area contributed by atoms with Crippen molar-refractivity contribution in [2.24, 2.45) is 11.7 Å². The summed E-state index contributed by atoms with van der Waals surface area (Å²) in [7, 11) is 0. The smallest absolute Gasteiger partial charge is 0.0303 e. The molecule has 16 heavy (non-hydrogen) atoms. The molecule has 0 radical (unpaired) electrons. The molecule has 2 nitrogen and oxygen atoms in total. The quantitative estimate of drug-likeness (QED) is 0.769. The maximum atomic E-state index is 6.03. The summed E-state index contributed by atoms with van der Waals surface area (Å²) in [5.41, 5.74) is 7.49. The van der Waals surface area contributed by atoms with Crippen molar-refractivity contribution in [3.8, 4) is 0 Å². The Morgan fingerprint density at radius 2 is 2.19 bits per heavy atom. The molecule has 0 aliphatic heterocycles. The minimum atomic E-state index is 0.282. The molecule has 0 spiro atoms. The molecular weight excluding hydrogens is 216 g/mol. The molecule has 1 heterocycles. The third kappa shape index (κ3) is 4.64. The van der Waals surface area contributed by atoms with Crippen LogP contribution in [0.25, 0.3) is 0 Å². The number of hydrogen-bond acceptors (Lipinski definition) is 3. The van der Waals surface area contributed by atoms with E-state index < -0.39 is 0 Å². The lowest BCUT2D eigenvalue weighted by Gasteiger charge is -2.14. The summed E-state index contributed by atoms with van der Waals surface area (Å²) in [6.07, 6.45) is 2.22. The predicted octanol–water partition coefficient (Wildman–Crippen LogP) is 2.77. The molecule has 0 aliphatic carbocycles. The van der Waals surface area contributed by atoms with Crippen molar-refractivity contribution in [3.63, 3.8) is 0 Å². The fourth-order valence-corrected chi connectivity index (χ4v) is 2.84. The van der Waals surface area contributed by atoms with E-state index in [0.29, 0.717) is 5.92 Å². The van der Waals surface area contributed by atoms with E-state index in [0.717, 1.165) is 25.9 Å². The number of hydrogen-bond donors (Lipinski definition) is 2. The van der Waals surface area contributed by atoms with Gasteiger partial charge in [-0.15, -0.1) is 11.3 Å². The lowest BCUT2D eigenvalue weighted by atomic mass is 10.0. The van der Waals surface area contributed by atoms with Crippen molar-refractivity contribution in [1.82, 2.24) is 5.32 Å². The highest BCUT2D eigenvalue weighted by molar-refractivity contribution is 7.10. The topological polar surface area (TPSA) is 38.0 Å². The number of nitrogens with one attached hydrogen (secondary N) is 1. The average Bonchev–Trinajstić information content (AvgIpc) is 2.64. The van der Waals surface area contributed by atoms with Gasteiger partial charge in [0.2, 0.25) is 0 Å². The molecule has 3 N–H and O–H groups in total. The molecule has 1 rings (SSSR count). The third-order valence-electron chi connectivity index (χ3n) is 2.68. The number of nitrogens with two attached hydrogens (primary N) is 1. The van der Waals surface area contributed by atoms with Crippen LogP contribution in [0.2, 0.25) is 0 Å². The van der Waals surface area contributed by atoms with E-state index in [1.54, 1.807) is 0 Å². The van der Waals surface area contributed by atoms with Crippen LogP contribution in [0, 0.1) is 5.92 Å². The van der Waals surface area contributed by atoms with Crippen molar-refractivity contribution in [2.75, 3.05) is 6.54 Å². The predicted molar refractivity (Wildman–Crippen MR) is 72.8 cm³/mol. The SMILES string of the molecule is CCc1ccsc1CNCC(N)CC(C)C. The van der Waals surface area contributed by atoms with Gasteiger partial charge in [-0.2, -0.15) is 0 Å². The maximum Gasteiger partial charge on any atom is 0.0303 e. The Balaban J connectivity index is 2.25. The first-order valence-corrected chi connectivity index (χ1v) is 7.03. The van der Waals surface area contributed by atoms with Crippen molar-refractivity contribution >= 4 is 11.3 Å². The molecule has 0 aromatic carbocycles. The number of rotatable bonds is 7. The first-order valence-electron chi connectivity index (χ1n) is 6.15. The third-order valence-corrected chi connectivity index (χ3v) is 3.65. The first-order chi connectivity index (χ1) is 7.63. The Hall–Kier alpha value is -0.380. The van der Waals surface area contributed by atoms with E-state index in [-0.39, 0.29) is 6.04 Å². The second-order valence-electron chi connectivity index (χ2n) is 4.74. The van der Waals surface area contributed by atoms with E-state index in [9.17, 15) is 0 Å². The van der Waals surface area contributed by atoms with Gasteiger partial charge >= 0.3 is 0 Å². The number of aryl methyl sites for hydroxylation is 1. The van der Waals surface area contributed by atoms with Gasteiger partial charge in [0.1, 0.15) is 0 Å². The van der Waals surface area contributed by atoms with Gasteiger partial charge in [-0.25, -0.2) is 0 Å². The van der Waals surface area contributed by atoms with Gasteiger partial charge in [-0.05, 0) is 35.8 Å². The van der Waals surface area contributed by atoms with Crippen molar-refractivity contribution < 1.29 is 0 Å². The molecule has 1 atom stereocenters. The van der Waals surface area contributed by atoms with Crippen LogP contribution in [-0.4, -0.2) is 12.6 Å². The van der Waals surface area contributed by atoms with Crippen LogP contribution in [0.15, 0.2) is 11.4 Å². The van der Waals surface area contributed by atoms with Gasteiger partial charge in [0.15, 0.2) is 0 Å². The molecule has 3 heteroatoms. The lowest BCUT2D eigenvalue weighted by Crippen LogP contribution is -2.34. The van der Waals surface area contributed by atoms with Crippen LogP contribution in [0.1, 0.15) is 37.6 Å². The van der Waals surface area contributed by atoms with Crippen LogP contribution >= 0.6 is 11.3 Å².